The minimum absolute atomic E-state index is 0.341. The topological polar surface area (TPSA) is 70.6 Å². The summed E-state index contributed by atoms with van der Waals surface area (Å²) in [6.07, 6.45) is 3.62. The highest BCUT2D eigenvalue weighted by Crippen LogP contribution is 2.18. The van der Waals surface area contributed by atoms with Crippen LogP contribution >= 0.6 is 0 Å². The number of sulfone groups is 1. The molecule has 0 atom stereocenters. The Morgan fingerprint density at radius 1 is 1.30 bits per heavy atom. The number of nitrogens with zero attached hydrogens (tertiary/aromatic N) is 1. The Morgan fingerprint density at radius 2 is 1.95 bits per heavy atom. The Kier molecular flexibility index (Phi) is 4.65. The molecule has 0 saturated heterocycles. The minimum Gasteiger partial charge on any atom is -0.357 e. The summed E-state index contributed by atoms with van der Waals surface area (Å²) in [5, 5.41) is 6.54. The fourth-order valence-corrected chi connectivity index (χ4v) is 2.38. The molecule has 1 aliphatic carbocycles. The van der Waals surface area contributed by atoms with Crippen molar-refractivity contribution in [2.45, 2.75) is 37.2 Å². The molecule has 0 radical (unpaired) electrons. The van der Waals surface area contributed by atoms with E-state index in [0.29, 0.717) is 17.5 Å². The van der Waals surface area contributed by atoms with Crippen LogP contribution in [-0.2, 0) is 16.4 Å². The van der Waals surface area contributed by atoms with Crippen LogP contribution in [0.3, 0.4) is 0 Å². The van der Waals surface area contributed by atoms with Crippen LogP contribution in [0.1, 0.15) is 25.3 Å². The predicted molar refractivity (Wildman–Crippen MR) is 80.5 cm³/mol. The van der Waals surface area contributed by atoms with Crippen LogP contribution in [0.15, 0.2) is 34.2 Å². The molecule has 0 spiro atoms. The third-order valence-electron chi connectivity index (χ3n) is 3.03. The van der Waals surface area contributed by atoms with E-state index in [2.05, 4.69) is 15.6 Å². The number of aliphatic imine (C=N–C) groups is 1. The summed E-state index contributed by atoms with van der Waals surface area (Å²) in [7, 11) is -3.13. The van der Waals surface area contributed by atoms with Gasteiger partial charge in [0.1, 0.15) is 0 Å². The third-order valence-corrected chi connectivity index (χ3v) is 4.16. The fourth-order valence-electron chi connectivity index (χ4n) is 1.75. The average molecular weight is 295 g/mol. The zero-order valence-corrected chi connectivity index (χ0v) is 12.7. The summed E-state index contributed by atoms with van der Waals surface area (Å²) >= 11 is 0. The molecule has 1 fully saturated rings. The van der Waals surface area contributed by atoms with Gasteiger partial charge in [-0.2, -0.15) is 0 Å². The molecule has 6 heteroatoms. The smallest absolute Gasteiger partial charge is 0.191 e. The SMILES string of the molecule is CCNC(=NCc1ccc(S(C)(=O)=O)cc1)NC1CC1. The van der Waals surface area contributed by atoms with Gasteiger partial charge < -0.3 is 10.6 Å². The van der Waals surface area contributed by atoms with E-state index in [0.717, 1.165) is 18.1 Å². The van der Waals surface area contributed by atoms with Crippen molar-refractivity contribution in [1.29, 1.82) is 0 Å². The predicted octanol–water partition coefficient (Wildman–Crippen LogP) is 1.31. The van der Waals surface area contributed by atoms with Crippen LogP contribution in [0, 0.1) is 0 Å². The van der Waals surface area contributed by atoms with Crippen molar-refractivity contribution in [3.63, 3.8) is 0 Å². The van der Waals surface area contributed by atoms with Gasteiger partial charge in [-0.25, -0.2) is 13.4 Å². The summed E-state index contributed by atoms with van der Waals surface area (Å²) in [6.45, 7) is 3.39. The molecule has 110 valence electrons. The molecule has 0 heterocycles. The normalized spacial score (nSPS) is 16.0. The first-order chi connectivity index (χ1) is 9.49. The Bertz CT molecular complexity index is 575. The van der Waals surface area contributed by atoms with Gasteiger partial charge in [0.25, 0.3) is 0 Å². The maximum atomic E-state index is 11.4. The van der Waals surface area contributed by atoms with Crippen molar-refractivity contribution in [2.24, 2.45) is 4.99 Å². The van der Waals surface area contributed by atoms with Gasteiger partial charge >= 0.3 is 0 Å². The van der Waals surface area contributed by atoms with E-state index in [1.54, 1.807) is 24.3 Å². The fraction of sp³-hybridized carbons (Fsp3) is 0.500. The number of hydrogen-bond acceptors (Lipinski definition) is 3. The zero-order valence-electron chi connectivity index (χ0n) is 11.9. The van der Waals surface area contributed by atoms with E-state index in [1.807, 2.05) is 6.92 Å². The van der Waals surface area contributed by atoms with Gasteiger partial charge in [-0.05, 0) is 37.5 Å². The van der Waals surface area contributed by atoms with E-state index in [-0.39, 0.29) is 0 Å². The van der Waals surface area contributed by atoms with Crippen LogP contribution in [0.2, 0.25) is 0 Å². The van der Waals surface area contributed by atoms with E-state index >= 15 is 0 Å². The number of benzene rings is 1. The molecule has 0 unspecified atom stereocenters. The third kappa shape index (κ3) is 4.52. The van der Waals surface area contributed by atoms with Crippen LogP contribution in [0.4, 0.5) is 0 Å². The first-order valence-corrected chi connectivity index (χ1v) is 8.72. The Hall–Kier alpha value is -1.56. The maximum Gasteiger partial charge on any atom is 0.191 e. The minimum atomic E-state index is -3.13. The zero-order chi connectivity index (χ0) is 14.6. The molecular formula is C14H21N3O2S. The van der Waals surface area contributed by atoms with Crippen molar-refractivity contribution in [1.82, 2.24) is 10.6 Å². The van der Waals surface area contributed by atoms with Crippen molar-refractivity contribution in [3.8, 4) is 0 Å². The first-order valence-electron chi connectivity index (χ1n) is 6.83. The van der Waals surface area contributed by atoms with Crippen molar-refractivity contribution < 1.29 is 8.42 Å². The molecule has 0 bridgehead atoms. The van der Waals surface area contributed by atoms with Gasteiger partial charge in [-0.1, -0.05) is 12.1 Å². The first kappa shape index (κ1) is 14.8. The van der Waals surface area contributed by atoms with E-state index in [1.165, 1.54) is 19.1 Å². The molecule has 1 aliphatic rings. The summed E-state index contributed by atoms with van der Waals surface area (Å²) in [5.74, 6) is 0.821. The summed E-state index contributed by atoms with van der Waals surface area (Å²) < 4.78 is 22.8. The van der Waals surface area contributed by atoms with Gasteiger partial charge in [0.2, 0.25) is 0 Å². The molecule has 0 aromatic heterocycles. The Labute approximate surface area is 120 Å². The molecule has 0 aliphatic heterocycles. The van der Waals surface area contributed by atoms with Crippen LogP contribution in [0.5, 0.6) is 0 Å². The highest BCUT2D eigenvalue weighted by Gasteiger charge is 2.21. The van der Waals surface area contributed by atoms with Crippen molar-refractivity contribution >= 4 is 15.8 Å². The van der Waals surface area contributed by atoms with E-state index in [9.17, 15) is 8.42 Å². The quantitative estimate of drug-likeness (QED) is 0.635. The second-order valence-corrected chi connectivity index (χ2v) is 7.05. The van der Waals surface area contributed by atoms with Crippen molar-refractivity contribution in [3.05, 3.63) is 29.8 Å². The van der Waals surface area contributed by atoms with Gasteiger partial charge in [0, 0.05) is 18.8 Å². The lowest BCUT2D eigenvalue weighted by Gasteiger charge is -2.10. The summed E-state index contributed by atoms with van der Waals surface area (Å²) in [4.78, 5) is 4.84. The lowest BCUT2D eigenvalue weighted by Crippen LogP contribution is -2.38. The summed E-state index contributed by atoms with van der Waals surface area (Å²) in [6, 6.07) is 7.42. The van der Waals surface area contributed by atoms with Gasteiger partial charge in [-0.15, -0.1) is 0 Å². The Balaban J connectivity index is 2.00. The molecule has 2 rings (SSSR count). The summed E-state index contributed by atoms with van der Waals surface area (Å²) in [5.41, 5.74) is 0.991. The highest BCUT2D eigenvalue weighted by atomic mass is 32.2. The molecule has 0 amide bonds. The molecule has 5 nitrogen and oxygen atoms in total. The van der Waals surface area contributed by atoms with E-state index < -0.39 is 9.84 Å². The second-order valence-electron chi connectivity index (χ2n) is 5.03. The van der Waals surface area contributed by atoms with Crippen LogP contribution in [-0.4, -0.2) is 33.2 Å². The molecule has 20 heavy (non-hydrogen) atoms. The lowest BCUT2D eigenvalue weighted by molar-refractivity contribution is 0.602. The standard InChI is InChI=1S/C14H21N3O2S/c1-3-15-14(17-12-6-7-12)16-10-11-4-8-13(9-5-11)20(2,18)19/h4-5,8-9,12H,3,6-7,10H2,1-2H3,(H2,15,16,17). The molecule has 2 N–H and O–H groups in total. The van der Waals surface area contributed by atoms with Crippen LogP contribution < -0.4 is 10.6 Å². The van der Waals surface area contributed by atoms with Gasteiger partial charge in [0.15, 0.2) is 15.8 Å². The monoisotopic (exact) mass is 295 g/mol. The largest absolute Gasteiger partial charge is 0.357 e. The average Bonchev–Trinajstić information content (AvgIpc) is 3.20. The van der Waals surface area contributed by atoms with Gasteiger partial charge in [-0.3, -0.25) is 0 Å². The molecule has 1 saturated carbocycles. The number of nitrogens with one attached hydrogen (secondary N) is 2. The van der Waals surface area contributed by atoms with E-state index in [4.69, 9.17) is 0 Å². The molecular weight excluding hydrogens is 274 g/mol. The maximum absolute atomic E-state index is 11.4. The second kappa shape index (κ2) is 6.26. The van der Waals surface area contributed by atoms with Crippen LogP contribution in [0.25, 0.3) is 0 Å². The highest BCUT2D eigenvalue weighted by molar-refractivity contribution is 7.90. The Morgan fingerprint density at radius 3 is 2.45 bits per heavy atom. The van der Waals surface area contributed by atoms with Crippen molar-refractivity contribution in [2.75, 3.05) is 12.8 Å². The van der Waals surface area contributed by atoms with Gasteiger partial charge in [0.05, 0.1) is 11.4 Å². The molecule has 1 aromatic rings. The molecule has 1 aromatic carbocycles. The number of hydrogen-bond donors (Lipinski definition) is 2. The lowest BCUT2D eigenvalue weighted by atomic mass is 10.2. The number of rotatable bonds is 5. The number of guanidine groups is 1.